The van der Waals surface area contributed by atoms with Crippen LogP contribution in [-0.4, -0.2) is 54.7 Å². The van der Waals surface area contributed by atoms with Crippen LogP contribution in [0.25, 0.3) is 16.9 Å². The molecule has 3 N–H and O–H groups in total. The Kier molecular flexibility index (Phi) is 3.99. The molecule has 3 aromatic heterocycles. The summed E-state index contributed by atoms with van der Waals surface area (Å²) in [6, 6.07) is 2.10. The van der Waals surface area contributed by atoms with E-state index in [-0.39, 0.29) is 17.9 Å². The van der Waals surface area contributed by atoms with Crippen LogP contribution in [0.5, 0.6) is 0 Å². The summed E-state index contributed by atoms with van der Waals surface area (Å²) in [6.45, 7) is 7.41. The number of fused-ring (bicyclic) bond motifs is 1. The van der Waals surface area contributed by atoms with Crippen molar-refractivity contribution in [3.8, 4) is 11.3 Å². The van der Waals surface area contributed by atoms with E-state index in [1.165, 1.54) is 6.33 Å². The number of aryl methyl sites for hydroxylation is 1. The van der Waals surface area contributed by atoms with Gasteiger partial charge in [-0.25, -0.2) is 9.50 Å². The number of nitrogens with one attached hydrogen (secondary N) is 1. The number of carbonyl (C=O) groups excluding carboxylic acids is 1. The van der Waals surface area contributed by atoms with Gasteiger partial charge in [-0.15, -0.1) is 0 Å². The summed E-state index contributed by atoms with van der Waals surface area (Å²) in [5.41, 5.74) is 11.0. The van der Waals surface area contributed by atoms with Gasteiger partial charge in [-0.1, -0.05) is 13.8 Å². The zero-order valence-electron chi connectivity index (χ0n) is 15.2. The molecule has 1 atom stereocenters. The van der Waals surface area contributed by atoms with Gasteiger partial charge in [0.25, 0.3) is 5.91 Å². The molecule has 0 aromatic carbocycles. The first-order valence-electron chi connectivity index (χ1n) is 8.89. The molecular weight excluding hydrogens is 330 g/mol. The van der Waals surface area contributed by atoms with E-state index in [2.05, 4.69) is 34.1 Å². The predicted octanol–water partition coefficient (Wildman–Crippen LogP) is 1.72. The number of aromatic nitrogens is 5. The molecule has 4 heterocycles. The van der Waals surface area contributed by atoms with E-state index in [9.17, 15) is 4.79 Å². The average Bonchev–Trinajstić information content (AvgIpc) is 3.32. The first kappa shape index (κ1) is 16.7. The largest absolute Gasteiger partial charge is 0.336 e. The number of H-pyrrole nitrogens is 1. The molecule has 4 rings (SSSR count). The van der Waals surface area contributed by atoms with Crippen LogP contribution in [0.4, 0.5) is 0 Å². The fraction of sp³-hybridized carbons (Fsp3) is 0.444. The second-order valence-corrected chi connectivity index (χ2v) is 7.26. The number of nitrogens with zero attached hydrogens (tertiary/aromatic N) is 5. The van der Waals surface area contributed by atoms with Gasteiger partial charge >= 0.3 is 0 Å². The summed E-state index contributed by atoms with van der Waals surface area (Å²) in [6.07, 6.45) is 4.28. The highest BCUT2D eigenvalue weighted by Gasteiger charge is 2.30. The number of pyridine rings is 1. The van der Waals surface area contributed by atoms with Crippen LogP contribution in [-0.2, 0) is 0 Å². The molecule has 0 bridgehead atoms. The number of likely N-dealkylation sites (tertiary alicyclic amines) is 1. The van der Waals surface area contributed by atoms with Gasteiger partial charge in [0, 0.05) is 36.5 Å². The first-order valence-corrected chi connectivity index (χ1v) is 8.89. The second kappa shape index (κ2) is 6.21. The lowest BCUT2D eigenvalue weighted by Gasteiger charge is -2.16. The summed E-state index contributed by atoms with van der Waals surface area (Å²) in [5, 5.41) is 11.7. The van der Waals surface area contributed by atoms with Gasteiger partial charge in [0.2, 0.25) is 0 Å². The van der Waals surface area contributed by atoms with Gasteiger partial charge in [0.15, 0.2) is 11.3 Å². The van der Waals surface area contributed by atoms with Crippen molar-refractivity contribution >= 4 is 11.6 Å². The van der Waals surface area contributed by atoms with E-state index in [4.69, 9.17) is 5.73 Å². The van der Waals surface area contributed by atoms with Gasteiger partial charge in [-0.2, -0.15) is 10.2 Å². The normalized spacial score (nSPS) is 17.6. The van der Waals surface area contributed by atoms with Crippen LogP contribution in [0.2, 0.25) is 0 Å². The third-order valence-electron chi connectivity index (χ3n) is 4.94. The molecule has 0 unspecified atom stereocenters. The summed E-state index contributed by atoms with van der Waals surface area (Å²) >= 11 is 0. The van der Waals surface area contributed by atoms with Gasteiger partial charge in [0.1, 0.15) is 6.33 Å². The number of amides is 1. The Morgan fingerprint density at radius 2 is 2.23 bits per heavy atom. The average molecular weight is 353 g/mol. The number of nitrogens with two attached hydrogens (primary N) is 1. The number of aromatic amines is 1. The summed E-state index contributed by atoms with van der Waals surface area (Å²) in [7, 11) is 0. The van der Waals surface area contributed by atoms with E-state index in [1.807, 2.05) is 19.2 Å². The summed E-state index contributed by atoms with van der Waals surface area (Å²) in [5.74, 6) is 0.0911. The number of carbonyl (C=O) groups is 1. The van der Waals surface area contributed by atoms with Crippen LogP contribution in [0.3, 0.4) is 0 Å². The van der Waals surface area contributed by atoms with Gasteiger partial charge < -0.3 is 10.6 Å². The van der Waals surface area contributed by atoms with Crippen molar-refractivity contribution in [1.29, 1.82) is 0 Å². The second-order valence-electron chi connectivity index (χ2n) is 7.26. The molecule has 0 aliphatic carbocycles. The van der Waals surface area contributed by atoms with Crippen LogP contribution >= 0.6 is 0 Å². The Bertz CT molecular complexity index is 971. The minimum absolute atomic E-state index is 0.0530. The van der Waals surface area contributed by atoms with E-state index < -0.39 is 0 Å². The maximum Gasteiger partial charge on any atom is 0.274 e. The van der Waals surface area contributed by atoms with Crippen molar-refractivity contribution in [1.82, 2.24) is 29.7 Å². The number of rotatable bonds is 3. The molecule has 0 radical (unpaired) electrons. The molecule has 1 aliphatic rings. The Balaban J connectivity index is 1.79. The van der Waals surface area contributed by atoms with Crippen molar-refractivity contribution in [3.63, 3.8) is 0 Å². The molecule has 3 aromatic rings. The van der Waals surface area contributed by atoms with Gasteiger partial charge in [0.05, 0.1) is 5.69 Å². The summed E-state index contributed by atoms with van der Waals surface area (Å²) in [4.78, 5) is 19.0. The number of hydrogen-bond donors (Lipinski definition) is 2. The SMILES string of the molecule is Cc1cc(-c2[nH]nc(C(=O)N3CC[C@H](N)C3)c2C(C)C)cn2ncnc12. The first-order chi connectivity index (χ1) is 12.5. The van der Waals surface area contributed by atoms with Crippen LogP contribution in [0.1, 0.15) is 47.8 Å². The number of hydrogen-bond acceptors (Lipinski definition) is 5. The molecule has 1 amide bonds. The molecule has 8 heteroatoms. The van der Waals surface area contributed by atoms with Gasteiger partial charge in [-0.05, 0) is 30.9 Å². The zero-order chi connectivity index (χ0) is 18.4. The highest BCUT2D eigenvalue weighted by molar-refractivity contribution is 5.96. The maximum absolute atomic E-state index is 13.0. The van der Waals surface area contributed by atoms with E-state index in [0.29, 0.717) is 18.8 Å². The van der Waals surface area contributed by atoms with Crippen molar-refractivity contribution in [2.45, 2.75) is 39.2 Å². The molecule has 0 saturated carbocycles. The van der Waals surface area contributed by atoms with E-state index in [1.54, 1.807) is 9.42 Å². The zero-order valence-corrected chi connectivity index (χ0v) is 15.2. The van der Waals surface area contributed by atoms with Crippen LogP contribution in [0, 0.1) is 6.92 Å². The van der Waals surface area contributed by atoms with Gasteiger partial charge in [-0.3, -0.25) is 9.89 Å². The van der Waals surface area contributed by atoms with Crippen molar-refractivity contribution in [3.05, 3.63) is 35.4 Å². The van der Waals surface area contributed by atoms with Crippen LogP contribution in [0.15, 0.2) is 18.6 Å². The highest BCUT2D eigenvalue weighted by atomic mass is 16.2. The molecule has 136 valence electrons. The monoisotopic (exact) mass is 353 g/mol. The third kappa shape index (κ3) is 2.66. The van der Waals surface area contributed by atoms with E-state index >= 15 is 0 Å². The quantitative estimate of drug-likeness (QED) is 0.746. The van der Waals surface area contributed by atoms with Crippen molar-refractivity contribution in [2.24, 2.45) is 5.73 Å². The van der Waals surface area contributed by atoms with Crippen LogP contribution < -0.4 is 5.73 Å². The topological polar surface area (TPSA) is 105 Å². The Morgan fingerprint density at radius 1 is 1.42 bits per heavy atom. The standard InChI is InChI=1S/C18H23N7O/c1-10(2)14-15(12-6-11(3)17-20-9-21-25(17)7-12)22-23-16(14)18(26)24-5-4-13(19)8-24/h6-7,9-10,13H,4-5,8,19H2,1-3H3,(H,22,23)/t13-/m0/s1. The molecule has 1 saturated heterocycles. The summed E-state index contributed by atoms with van der Waals surface area (Å²) < 4.78 is 1.75. The lowest BCUT2D eigenvalue weighted by Crippen LogP contribution is -2.32. The molecule has 1 aliphatic heterocycles. The van der Waals surface area contributed by atoms with Crippen molar-refractivity contribution < 1.29 is 4.79 Å². The molecular formula is C18H23N7O. The highest BCUT2D eigenvalue weighted by Crippen LogP contribution is 2.32. The fourth-order valence-corrected chi connectivity index (χ4v) is 3.65. The van der Waals surface area contributed by atoms with Crippen molar-refractivity contribution in [2.75, 3.05) is 13.1 Å². The third-order valence-corrected chi connectivity index (χ3v) is 4.94. The fourth-order valence-electron chi connectivity index (χ4n) is 3.65. The maximum atomic E-state index is 13.0. The predicted molar refractivity (Wildman–Crippen MR) is 97.9 cm³/mol. The minimum Gasteiger partial charge on any atom is -0.336 e. The molecule has 8 nitrogen and oxygen atoms in total. The molecule has 0 spiro atoms. The molecule has 26 heavy (non-hydrogen) atoms. The Labute approximate surface area is 151 Å². The minimum atomic E-state index is -0.0531. The van der Waals surface area contributed by atoms with E-state index in [0.717, 1.165) is 34.5 Å². The molecule has 1 fully saturated rings. The smallest absolute Gasteiger partial charge is 0.274 e. The lowest BCUT2D eigenvalue weighted by molar-refractivity contribution is 0.0783. The Morgan fingerprint density at radius 3 is 2.92 bits per heavy atom. The lowest BCUT2D eigenvalue weighted by atomic mass is 9.96. The Hall–Kier alpha value is -2.74.